The van der Waals surface area contributed by atoms with E-state index in [9.17, 15) is 4.79 Å². The molecule has 1 N–H and O–H groups in total. The molecule has 0 aliphatic heterocycles. The van der Waals surface area contributed by atoms with Crippen molar-refractivity contribution in [2.75, 3.05) is 0 Å². The van der Waals surface area contributed by atoms with E-state index >= 15 is 0 Å². The molecule has 0 radical (unpaired) electrons. The van der Waals surface area contributed by atoms with Gasteiger partial charge in [-0.3, -0.25) is 4.79 Å². The number of carbonyl (C=O) groups excluding carboxylic acids is 1. The molecule has 116 valence electrons. The molecule has 1 aromatic heterocycles. The van der Waals surface area contributed by atoms with Crippen LogP contribution < -0.4 is 5.32 Å². The first-order valence-electron chi connectivity index (χ1n) is 7.15. The molecule has 0 aliphatic rings. The number of nitrogens with one attached hydrogen (secondary N) is 1. The Morgan fingerprint density at radius 3 is 2.70 bits per heavy atom. The van der Waals surface area contributed by atoms with E-state index in [1.165, 1.54) is 0 Å². The molecule has 0 atom stereocenters. The van der Waals surface area contributed by atoms with E-state index in [1.54, 1.807) is 23.7 Å². The Morgan fingerprint density at radius 1 is 1.17 bits per heavy atom. The Kier molecular flexibility index (Phi) is 4.39. The van der Waals surface area contributed by atoms with Crippen LogP contribution in [0.2, 0.25) is 5.02 Å². The highest BCUT2D eigenvalue weighted by Gasteiger charge is 2.17. The molecule has 3 aromatic rings. The first-order chi connectivity index (χ1) is 11.1. The molecule has 6 heteroatoms. The minimum Gasteiger partial charge on any atom is -0.347 e. The van der Waals surface area contributed by atoms with Crippen molar-refractivity contribution >= 4 is 17.5 Å². The number of hydrogen-bond acceptors (Lipinski definition) is 3. The molecular weight excluding hydrogens is 312 g/mol. The van der Waals surface area contributed by atoms with Crippen LogP contribution in [0.3, 0.4) is 0 Å². The number of benzene rings is 2. The van der Waals surface area contributed by atoms with Crippen LogP contribution in [0.25, 0.3) is 5.69 Å². The molecule has 2 aromatic carbocycles. The van der Waals surface area contributed by atoms with Gasteiger partial charge in [0.05, 0.1) is 11.4 Å². The summed E-state index contributed by atoms with van der Waals surface area (Å²) >= 11 is 5.99. The van der Waals surface area contributed by atoms with E-state index in [2.05, 4.69) is 15.6 Å². The molecule has 0 saturated heterocycles. The monoisotopic (exact) mass is 326 g/mol. The lowest BCUT2D eigenvalue weighted by Crippen LogP contribution is -2.24. The van der Waals surface area contributed by atoms with Gasteiger partial charge in [-0.05, 0) is 30.7 Å². The predicted octanol–water partition coefficient (Wildman–Crippen LogP) is 3.16. The maximum absolute atomic E-state index is 12.3. The average Bonchev–Trinajstić information content (AvgIpc) is 2.95. The van der Waals surface area contributed by atoms with Crippen LogP contribution in [-0.4, -0.2) is 20.9 Å². The first kappa shape index (κ1) is 15.2. The molecule has 0 aliphatic carbocycles. The second kappa shape index (κ2) is 6.62. The lowest BCUT2D eigenvalue weighted by molar-refractivity contribution is 0.0945. The third-order valence-corrected chi connectivity index (χ3v) is 3.69. The second-order valence-electron chi connectivity index (χ2n) is 5.08. The highest BCUT2D eigenvalue weighted by Crippen LogP contribution is 2.16. The van der Waals surface area contributed by atoms with Crippen molar-refractivity contribution in [2.45, 2.75) is 13.5 Å². The molecule has 1 heterocycles. The Balaban J connectivity index is 1.77. The van der Waals surface area contributed by atoms with Crippen molar-refractivity contribution < 1.29 is 4.79 Å². The number of hydrogen-bond donors (Lipinski definition) is 1. The number of rotatable bonds is 4. The number of nitrogens with zero attached hydrogens (tertiary/aromatic N) is 3. The molecule has 0 fully saturated rings. The SMILES string of the molecule is Cc1c(C(=O)NCc2ccccc2)nnn1-c1cccc(Cl)c1. The summed E-state index contributed by atoms with van der Waals surface area (Å²) < 4.78 is 1.60. The summed E-state index contributed by atoms with van der Waals surface area (Å²) in [5.74, 6) is -0.250. The van der Waals surface area contributed by atoms with Crippen molar-refractivity contribution in [3.63, 3.8) is 0 Å². The van der Waals surface area contributed by atoms with Gasteiger partial charge < -0.3 is 5.32 Å². The standard InChI is InChI=1S/C17H15ClN4O/c1-12-16(17(23)19-11-13-6-3-2-4-7-13)20-21-22(12)15-9-5-8-14(18)10-15/h2-10H,11H2,1H3,(H,19,23). The Morgan fingerprint density at radius 2 is 1.96 bits per heavy atom. The minimum absolute atomic E-state index is 0.250. The summed E-state index contributed by atoms with van der Waals surface area (Å²) in [6.45, 7) is 2.25. The molecular formula is C17H15ClN4O. The van der Waals surface area contributed by atoms with Gasteiger partial charge >= 0.3 is 0 Å². The van der Waals surface area contributed by atoms with Gasteiger partial charge in [-0.25, -0.2) is 4.68 Å². The van der Waals surface area contributed by atoms with Crippen molar-refractivity contribution in [2.24, 2.45) is 0 Å². The number of halogens is 1. The van der Waals surface area contributed by atoms with Crippen molar-refractivity contribution in [1.82, 2.24) is 20.3 Å². The Labute approximate surface area is 138 Å². The lowest BCUT2D eigenvalue weighted by Gasteiger charge is -2.05. The predicted molar refractivity (Wildman–Crippen MR) is 88.7 cm³/mol. The summed E-state index contributed by atoms with van der Waals surface area (Å²) in [4.78, 5) is 12.3. The molecule has 3 rings (SSSR count). The van der Waals surface area contributed by atoms with Crippen LogP contribution in [0, 0.1) is 6.92 Å². The molecule has 1 amide bonds. The molecule has 0 unspecified atom stereocenters. The number of amides is 1. The third-order valence-electron chi connectivity index (χ3n) is 3.46. The van der Waals surface area contributed by atoms with Crippen molar-refractivity contribution in [3.05, 3.63) is 76.6 Å². The normalized spacial score (nSPS) is 10.5. The van der Waals surface area contributed by atoms with Gasteiger partial charge in [0.1, 0.15) is 0 Å². The maximum atomic E-state index is 12.3. The smallest absolute Gasteiger partial charge is 0.274 e. The highest BCUT2D eigenvalue weighted by molar-refractivity contribution is 6.30. The van der Waals surface area contributed by atoms with Gasteiger partial charge in [0.15, 0.2) is 5.69 Å². The fourth-order valence-electron chi connectivity index (χ4n) is 2.25. The molecule has 0 spiro atoms. The highest BCUT2D eigenvalue weighted by atomic mass is 35.5. The lowest BCUT2D eigenvalue weighted by atomic mass is 10.2. The van der Waals surface area contributed by atoms with Crippen molar-refractivity contribution in [1.29, 1.82) is 0 Å². The molecule has 23 heavy (non-hydrogen) atoms. The van der Waals surface area contributed by atoms with Gasteiger partial charge in [-0.15, -0.1) is 5.10 Å². The van der Waals surface area contributed by atoms with E-state index in [4.69, 9.17) is 11.6 Å². The van der Waals surface area contributed by atoms with Crippen LogP contribution >= 0.6 is 11.6 Å². The van der Waals surface area contributed by atoms with Gasteiger partial charge in [0.25, 0.3) is 5.91 Å². The zero-order valence-electron chi connectivity index (χ0n) is 12.5. The van der Waals surface area contributed by atoms with Crippen LogP contribution in [0.1, 0.15) is 21.7 Å². The topological polar surface area (TPSA) is 59.8 Å². The summed E-state index contributed by atoms with van der Waals surface area (Å²) in [7, 11) is 0. The first-order valence-corrected chi connectivity index (χ1v) is 7.53. The van der Waals surface area contributed by atoms with Crippen LogP contribution in [0.15, 0.2) is 54.6 Å². The van der Waals surface area contributed by atoms with Crippen LogP contribution in [0.5, 0.6) is 0 Å². The van der Waals surface area contributed by atoms with Gasteiger partial charge in [-0.2, -0.15) is 0 Å². The van der Waals surface area contributed by atoms with Gasteiger partial charge in [0.2, 0.25) is 0 Å². The number of aromatic nitrogens is 3. The molecule has 0 saturated carbocycles. The van der Waals surface area contributed by atoms with Crippen LogP contribution in [0.4, 0.5) is 0 Å². The fourth-order valence-corrected chi connectivity index (χ4v) is 2.44. The van der Waals surface area contributed by atoms with E-state index in [1.807, 2.05) is 42.5 Å². The quantitative estimate of drug-likeness (QED) is 0.801. The van der Waals surface area contributed by atoms with E-state index in [-0.39, 0.29) is 5.91 Å². The summed E-state index contributed by atoms with van der Waals surface area (Å²) in [5, 5.41) is 11.5. The third kappa shape index (κ3) is 3.40. The van der Waals surface area contributed by atoms with E-state index in [0.717, 1.165) is 11.3 Å². The van der Waals surface area contributed by atoms with E-state index < -0.39 is 0 Å². The van der Waals surface area contributed by atoms with Gasteiger partial charge in [-0.1, -0.05) is 53.2 Å². The van der Waals surface area contributed by atoms with E-state index in [0.29, 0.717) is 23.0 Å². The largest absolute Gasteiger partial charge is 0.347 e. The minimum atomic E-state index is -0.250. The number of carbonyl (C=O) groups is 1. The summed E-state index contributed by atoms with van der Waals surface area (Å²) in [5.41, 5.74) is 2.77. The summed E-state index contributed by atoms with van der Waals surface area (Å²) in [6, 6.07) is 17.0. The fraction of sp³-hybridized carbons (Fsp3) is 0.118. The Bertz CT molecular complexity index is 830. The second-order valence-corrected chi connectivity index (χ2v) is 5.52. The average molecular weight is 327 g/mol. The van der Waals surface area contributed by atoms with Crippen molar-refractivity contribution in [3.8, 4) is 5.69 Å². The summed E-state index contributed by atoms with van der Waals surface area (Å²) in [6.07, 6.45) is 0. The molecule has 0 bridgehead atoms. The van der Waals surface area contributed by atoms with Gasteiger partial charge in [0, 0.05) is 11.6 Å². The maximum Gasteiger partial charge on any atom is 0.274 e. The van der Waals surface area contributed by atoms with Crippen LogP contribution in [-0.2, 0) is 6.54 Å². The zero-order chi connectivity index (χ0) is 16.2. The Hall–Kier alpha value is -2.66. The molecule has 5 nitrogen and oxygen atoms in total. The zero-order valence-corrected chi connectivity index (χ0v) is 13.3.